The number of anilines is 1. The topological polar surface area (TPSA) is 96.9 Å². The maximum atomic E-state index is 13.7. The van der Waals surface area contributed by atoms with Gasteiger partial charge in [0, 0.05) is 11.3 Å². The Morgan fingerprint density at radius 2 is 1.49 bits per heavy atom. The largest absolute Gasteiger partial charge is 0.463 e. The molecule has 1 amide bonds. The van der Waals surface area contributed by atoms with E-state index in [2.05, 4.69) is 9.47 Å². The lowest BCUT2D eigenvalue weighted by Gasteiger charge is -2.39. The molecule has 0 saturated heterocycles. The number of alkyl carbamates (subject to hydrolysis) is 1. The third kappa shape index (κ3) is 6.02. The van der Waals surface area contributed by atoms with Crippen LogP contribution in [0, 0.1) is 6.92 Å². The third-order valence-corrected chi connectivity index (χ3v) is 4.43. The summed E-state index contributed by atoms with van der Waals surface area (Å²) < 4.78 is 131. The smallest absolute Gasteiger partial charge is 0.439 e. The molecule has 1 atom stereocenters. The first-order chi connectivity index (χ1) is 15.6. The van der Waals surface area contributed by atoms with Crippen molar-refractivity contribution in [3.8, 4) is 0 Å². The van der Waals surface area contributed by atoms with E-state index in [9.17, 15) is 54.2 Å². The predicted octanol–water partition coefficient (Wildman–Crippen LogP) is 4.68. The van der Waals surface area contributed by atoms with Crippen LogP contribution < -0.4 is 10.6 Å². The van der Waals surface area contributed by atoms with Crippen molar-refractivity contribution in [3.63, 3.8) is 0 Å². The van der Waals surface area contributed by atoms with Crippen LogP contribution in [0.4, 0.5) is 50.0 Å². The molecule has 0 fully saturated rings. The molecule has 1 rings (SSSR count). The van der Waals surface area contributed by atoms with Crippen LogP contribution in [0.2, 0.25) is 0 Å². The predicted molar refractivity (Wildman–Crippen MR) is 101 cm³/mol. The van der Waals surface area contributed by atoms with Gasteiger partial charge in [0.05, 0.1) is 12.7 Å². The molecular weight excluding hydrogens is 507 g/mol. The molecule has 0 bridgehead atoms. The SMILES string of the molecule is CCOC(=O)[C@@](O)(c1ccc(NC(NC(=O)OC(C)C)(C(F)(F)F)C(F)(F)F)c(C)c1)C(F)(F)F. The molecular formula is C19H21F9N2O5. The zero-order chi connectivity index (χ0) is 27.6. The van der Waals surface area contributed by atoms with Crippen LogP contribution in [-0.4, -0.2) is 54.1 Å². The maximum absolute atomic E-state index is 13.7. The summed E-state index contributed by atoms with van der Waals surface area (Å²) in [4.78, 5) is 23.5. The molecule has 35 heavy (non-hydrogen) atoms. The van der Waals surface area contributed by atoms with Gasteiger partial charge in [0.2, 0.25) is 0 Å². The Balaban J connectivity index is 3.65. The van der Waals surface area contributed by atoms with Crippen molar-refractivity contribution in [1.29, 1.82) is 0 Å². The van der Waals surface area contributed by atoms with Crippen LogP contribution in [0.5, 0.6) is 0 Å². The highest BCUT2D eigenvalue weighted by molar-refractivity contribution is 5.82. The number of rotatable bonds is 7. The molecule has 16 heteroatoms. The number of hydrogen-bond donors (Lipinski definition) is 3. The molecule has 0 aliphatic rings. The molecule has 200 valence electrons. The average Bonchev–Trinajstić information content (AvgIpc) is 2.64. The van der Waals surface area contributed by atoms with Crippen molar-refractivity contribution in [1.82, 2.24) is 5.32 Å². The second kappa shape index (κ2) is 9.99. The molecule has 3 N–H and O–H groups in total. The number of benzene rings is 1. The third-order valence-electron chi connectivity index (χ3n) is 4.43. The lowest BCUT2D eigenvalue weighted by molar-refractivity contribution is -0.295. The van der Waals surface area contributed by atoms with Crippen molar-refractivity contribution < 1.29 is 63.7 Å². The summed E-state index contributed by atoms with van der Waals surface area (Å²) in [6.07, 6.45) is -21.3. The van der Waals surface area contributed by atoms with Gasteiger partial charge < -0.3 is 19.9 Å². The van der Waals surface area contributed by atoms with Crippen LogP contribution in [0.15, 0.2) is 18.2 Å². The maximum Gasteiger partial charge on any atom is 0.439 e. The Hall–Kier alpha value is -2.91. The van der Waals surface area contributed by atoms with Gasteiger partial charge in [-0.25, -0.2) is 9.59 Å². The average molecular weight is 528 g/mol. The van der Waals surface area contributed by atoms with Gasteiger partial charge in [0.15, 0.2) is 0 Å². The minimum absolute atomic E-state index is 0.281. The fourth-order valence-electron chi connectivity index (χ4n) is 2.74. The van der Waals surface area contributed by atoms with E-state index >= 15 is 0 Å². The Labute approximate surface area is 192 Å². The number of nitrogens with one attached hydrogen (secondary N) is 2. The summed E-state index contributed by atoms with van der Waals surface area (Å²) in [5, 5.41) is 11.8. The minimum atomic E-state index is -6.23. The molecule has 0 spiro atoms. The highest BCUT2D eigenvalue weighted by atomic mass is 19.4. The summed E-state index contributed by atoms with van der Waals surface area (Å²) >= 11 is 0. The Kier molecular flexibility index (Phi) is 8.59. The molecule has 0 aromatic heterocycles. The molecule has 1 aromatic carbocycles. The fraction of sp³-hybridized carbons (Fsp3) is 0.579. The quantitative estimate of drug-likeness (QED) is 0.270. The number of aliphatic hydroxyl groups is 1. The van der Waals surface area contributed by atoms with E-state index < -0.39 is 71.4 Å². The van der Waals surface area contributed by atoms with Gasteiger partial charge in [-0.15, -0.1) is 0 Å². The van der Waals surface area contributed by atoms with Crippen molar-refractivity contribution in [2.45, 2.75) is 63.6 Å². The molecule has 0 radical (unpaired) electrons. The first-order valence-electron chi connectivity index (χ1n) is 9.62. The van der Waals surface area contributed by atoms with E-state index in [0.29, 0.717) is 17.4 Å². The number of carbonyl (C=O) groups excluding carboxylic acids is 2. The van der Waals surface area contributed by atoms with Crippen molar-refractivity contribution >= 4 is 17.7 Å². The van der Waals surface area contributed by atoms with Crippen LogP contribution >= 0.6 is 0 Å². The van der Waals surface area contributed by atoms with E-state index in [0.717, 1.165) is 33.0 Å². The summed E-state index contributed by atoms with van der Waals surface area (Å²) in [5.41, 5.74) is -12.4. The van der Waals surface area contributed by atoms with Gasteiger partial charge in [-0.3, -0.25) is 5.32 Å². The van der Waals surface area contributed by atoms with Crippen molar-refractivity contribution in [2.75, 3.05) is 11.9 Å². The number of carbonyl (C=O) groups is 2. The van der Waals surface area contributed by atoms with Crippen molar-refractivity contribution in [3.05, 3.63) is 29.3 Å². The first-order valence-corrected chi connectivity index (χ1v) is 9.62. The molecule has 0 saturated carbocycles. The highest BCUT2D eigenvalue weighted by Crippen LogP contribution is 2.45. The van der Waals surface area contributed by atoms with Gasteiger partial charge in [0.25, 0.3) is 5.60 Å². The Morgan fingerprint density at radius 3 is 1.86 bits per heavy atom. The van der Waals surface area contributed by atoms with E-state index in [4.69, 9.17) is 0 Å². The van der Waals surface area contributed by atoms with Gasteiger partial charge in [-0.2, -0.15) is 39.5 Å². The Morgan fingerprint density at radius 1 is 0.971 bits per heavy atom. The molecule has 0 unspecified atom stereocenters. The normalized spacial score (nSPS) is 14.8. The number of alkyl halides is 9. The van der Waals surface area contributed by atoms with E-state index in [1.807, 2.05) is 0 Å². The van der Waals surface area contributed by atoms with E-state index in [1.165, 1.54) is 0 Å². The second-order valence-corrected chi connectivity index (χ2v) is 7.41. The first kappa shape index (κ1) is 30.1. The van der Waals surface area contributed by atoms with Gasteiger partial charge >= 0.3 is 36.3 Å². The van der Waals surface area contributed by atoms with Crippen LogP contribution in [0.1, 0.15) is 31.9 Å². The lowest BCUT2D eigenvalue weighted by atomic mass is 9.91. The van der Waals surface area contributed by atoms with Crippen LogP contribution in [0.3, 0.4) is 0 Å². The lowest BCUT2D eigenvalue weighted by Crippen LogP contribution is -2.72. The minimum Gasteiger partial charge on any atom is -0.463 e. The molecule has 0 aliphatic carbocycles. The number of ether oxygens (including phenoxy) is 2. The molecule has 0 aliphatic heterocycles. The molecule has 7 nitrogen and oxygen atoms in total. The number of halogens is 9. The van der Waals surface area contributed by atoms with E-state index in [-0.39, 0.29) is 6.07 Å². The van der Waals surface area contributed by atoms with Crippen molar-refractivity contribution in [2.24, 2.45) is 0 Å². The number of esters is 1. The summed E-state index contributed by atoms with van der Waals surface area (Å²) in [5.74, 6) is -2.16. The summed E-state index contributed by atoms with van der Waals surface area (Å²) in [6.45, 7) is 3.68. The number of aryl methyl sites for hydroxylation is 1. The second-order valence-electron chi connectivity index (χ2n) is 7.41. The monoisotopic (exact) mass is 528 g/mol. The fourth-order valence-corrected chi connectivity index (χ4v) is 2.74. The van der Waals surface area contributed by atoms with Gasteiger partial charge in [-0.05, 0) is 39.3 Å². The number of hydrogen-bond acceptors (Lipinski definition) is 6. The van der Waals surface area contributed by atoms with Gasteiger partial charge in [-0.1, -0.05) is 12.1 Å². The van der Waals surface area contributed by atoms with Crippen LogP contribution in [0.25, 0.3) is 0 Å². The zero-order valence-electron chi connectivity index (χ0n) is 18.5. The summed E-state index contributed by atoms with van der Waals surface area (Å²) in [6, 6.07) is 0.961. The van der Waals surface area contributed by atoms with Crippen LogP contribution in [-0.2, 0) is 19.9 Å². The van der Waals surface area contributed by atoms with Gasteiger partial charge in [0.1, 0.15) is 0 Å². The highest BCUT2D eigenvalue weighted by Gasteiger charge is 2.73. The number of amides is 1. The standard InChI is InChI=1S/C19H21F9N2O5/c1-5-34-13(31)15(33,17(20,21)22)11-6-7-12(10(4)8-11)29-16(18(23,24)25,19(26,27)28)30-14(32)35-9(2)3/h6-9,29,33H,5H2,1-4H3,(H,30,32)/t15-/m0/s1. The van der Waals surface area contributed by atoms with E-state index in [1.54, 1.807) is 0 Å². The molecule has 0 heterocycles. The Bertz CT molecular complexity index is 915. The zero-order valence-corrected chi connectivity index (χ0v) is 18.5. The summed E-state index contributed by atoms with van der Waals surface area (Å²) in [7, 11) is 0. The molecule has 1 aromatic rings.